The molecule has 0 radical (unpaired) electrons. The first-order valence-electron chi connectivity index (χ1n) is 6.19. The molecule has 0 aliphatic carbocycles. The highest BCUT2D eigenvalue weighted by Gasteiger charge is 2.19. The second kappa shape index (κ2) is 5.72. The number of tetrazole rings is 1. The molecule has 1 heterocycles. The smallest absolute Gasteiger partial charge is 0.339 e. The lowest BCUT2D eigenvalue weighted by molar-refractivity contribution is 0.479. The van der Waals surface area contributed by atoms with Gasteiger partial charge in [0.15, 0.2) is 11.6 Å². The molecule has 0 saturated carbocycles. The molecule has 0 fully saturated rings. The van der Waals surface area contributed by atoms with Gasteiger partial charge in [0.1, 0.15) is 17.0 Å². The van der Waals surface area contributed by atoms with Gasteiger partial charge in [-0.1, -0.05) is 6.07 Å². The fraction of sp³-hybridized carbons (Fsp3) is 0. The van der Waals surface area contributed by atoms with E-state index in [1.165, 1.54) is 29.2 Å². The van der Waals surface area contributed by atoms with Crippen LogP contribution in [0.25, 0.3) is 5.69 Å². The van der Waals surface area contributed by atoms with Gasteiger partial charge in [-0.2, -0.15) is 8.42 Å². The van der Waals surface area contributed by atoms with Crippen molar-refractivity contribution in [2.75, 3.05) is 0 Å². The Morgan fingerprint density at radius 2 is 1.87 bits per heavy atom. The molecule has 3 aromatic rings. The third kappa shape index (κ3) is 3.16. The lowest BCUT2D eigenvalue weighted by Crippen LogP contribution is -2.10. The van der Waals surface area contributed by atoms with Crippen LogP contribution in [-0.2, 0) is 10.1 Å². The lowest BCUT2D eigenvalue weighted by atomic mass is 10.3. The monoisotopic (exact) mass is 338 g/mol. The van der Waals surface area contributed by atoms with Crippen molar-refractivity contribution in [1.29, 1.82) is 0 Å². The van der Waals surface area contributed by atoms with Gasteiger partial charge in [-0.25, -0.2) is 13.5 Å². The number of aromatic nitrogens is 4. The van der Waals surface area contributed by atoms with Gasteiger partial charge in [0, 0.05) is 6.07 Å². The van der Waals surface area contributed by atoms with Crippen LogP contribution in [0.3, 0.4) is 0 Å². The standard InChI is InChI=1S/C13H8F2N4O3S/c14-12-5-4-11(7-13(12)15)23(20,21)22-10-3-1-2-9(6-10)19-8-16-17-18-19/h1-8H. The molecule has 7 nitrogen and oxygen atoms in total. The molecular formula is C13H8F2N4O3S. The maximum Gasteiger partial charge on any atom is 0.339 e. The third-order valence-corrected chi connectivity index (χ3v) is 4.06. The first kappa shape index (κ1) is 15.0. The Kier molecular flexibility index (Phi) is 3.74. The Morgan fingerprint density at radius 1 is 1.04 bits per heavy atom. The second-order valence-corrected chi connectivity index (χ2v) is 5.91. The minimum absolute atomic E-state index is 0.0252. The number of hydrogen-bond donors (Lipinski definition) is 0. The highest BCUT2D eigenvalue weighted by molar-refractivity contribution is 7.87. The molecule has 0 unspecified atom stereocenters. The maximum absolute atomic E-state index is 13.2. The molecular weight excluding hydrogens is 330 g/mol. The summed E-state index contributed by atoms with van der Waals surface area (Å²) in [6.45, 7) is 0. The van der Waals surface area contributed by atoms with E-state index >= 15 is 0 Å². The average Bonchev–Trinajstić information content (AvgIpc) is 3.04. The van der Waals surface area contributed by atoms with Gasteiger partial charge in [0.25, 0.3) is 0 Å². The summed E-state index contributed by atoms with van der Waals surface area (Å²) in [4.78, 5) is -0.496. The van der Waals surface area contributed by atoms with Crippen LogP contribution in [0.2, 0.25) is 0 Å². The van der Waals surface area contributed by atoms with Crippen molar-refractivity contribution in [3.63, 3.8) is 0 Å². The summed E-state index contributed by atoms with van der Waals surface area (Å²) >= 11 is 0. The molecule has 0 aliphatic rings. The molecule has 0 spiro atoms. The van der Waals surface area contributed by atoms with Crippen LogP contribution in [-0.4, -0.2) is 28.6 Å². The van der Waals surface area contributed by atoms with Crippen LogP contribution >= 0.6 is 0 Å². The number of rotatable bonds is 4. The topological polar surface area (TPSA) is 87.0 Å². The summed E-state index contributed by atoms with van der Waals surface area (Å²) in [5.41, 5.74) is 0.466. The van der Waals surface area contributed by atoms with E-state index in [9.17, 15) is 17.2 Å². The zero-order valence-electron chi connectivity index (χ0n) is 11.3. The van der Waals surface area contributed by atoms with Gasteiger partial charge in [-0.3, -0.25) is 0 Å². The molecule has 0 saturated heterocycles. The minimum Gasteiger partial charge on any atom is -0.379 e. The van der Waals surface area contributed by atoms with Gasteiger partial charge in [0.05, 0.1) is 5.69 Å². The summed E-state index contributed by atoms with van der Waals surface area (Å²) < 4.78 is 56.5. The van der Waals surface area contributed by atoms with Gasteiger partial charge < -0.3 is 4.18 Å². The predicted molar refractivity (Wildman–Crippen MR) is 73.3 cm³/mol. The molecule has 23 heavy (non-hydrogen) atoms. The van der Waals surface area contributed by atoms with Crippen LogP contribution in [0.1, 0.15) is 0 Å². The summed E-state index contributed by atoms with van der Waals surface area (Å²) in [7, 11) is -4.31. The first-order chi connectivity index (χ1) is 11.0. The third-order valence-electron chi connectivity index (χ3n) is 2.82. The van der Waals surface area contributed by atoms with Crippen LogP contribution in [0.5, 0.6) is 5.75 Å². The van der Waals surface area contributed by atoms with Gasteiger partial charge >= 0.3 is 10.1 Å². The number of nitrogens with zero attached hydrogens (tertiary/aromatic N) is 4. The molecule has 0 bridgehead atoms. The zero-order chi connectivity index (χ0) is 16.4. The van der Waals surface area contributed by atoms with E-state index in [2.05, 4.69) is 15.5 Å². The van der Waals surface area contributed by atoms with E-state index in [1.54, 1.807) is 6.07 Å². The lowest BCUT2D eigenvalue weighted by Gasteiger charge is -2.08. The van der Waals surface area contributed by atoms with E-state index in [1.807, 2.05) is 0 Å². The molecule has 0 amide bonds. The summed E-state index contributed by atoms with van der Waals surface area (Å²) in [6.07, 6.45) is 1.32. The van der Waals surface area contributed by atoms with Crippen molar-refractivity contribution in [3.8, 4) is 11.4 Å². The van der Waals surface area contributed by atoms with Gasteiger partial charge in [-0.15, -0.1) is 5.10 Å². The number of hydrogen-bond acceptors (Lipinski definition) is 6. The highest BCUT2D eigenvalue weighted by atomic mass is 32.2. The summed E-state index contributed by atoms with van der Waals surface area (Å²) in [5.74, 6) is -2.45. The number of halogens is 2. The largest absolute Gasteiger partial charge is 0.379 e. The molecule has 0 aliphatic heterocycles. The fourth-order valence-corrected chi connectivity index (χ4v) is 2.70. The summed E-state index contributed by atoms with van der Waals surface area (Å²) in [5, 5.41) is 10.6. The van der Waals surface area contributed by atoms with Crippen molar-refractivity contribution in [2.45, 2.75) is 4.90 Å². The molecule has 3 rings (SSSR count). The highest BCUT2D eigenvalue weighted by Crippen LogP contribution is 2.22. The Hall–Kier alpha value is -2.88. The van der Waals surface area contributed by atoms with E-state index in [0.717, 1.165) is 6.07 Å². The fourth-order valence-electron chi connectivity index (χ4n) is 1.76. The van der Waals surface area contributed by atoms with Crippen LogP contribution in [0, 0.1) is 11.6 Å². The Balaban J connectivity index is 1.91. The average molecular weight is 338 g/mol. The Bertz CT molecular complexity index is 946. The normalized spacial score (nSPS) is 11.4. The molecule has 1 aromatic heterocycles. The Morgan fingerprint density at radius 3 is 2.57 bits per heavy atom. The molecule has 10 heteroatoms. The van der Waals surface area contributed by atoms with Crippen molar-refractivity contribution in [2.24, 2.45) is 0 Å². The maximum atomic E-state index is 13.2. The molecule has 0 N–H and O–H groups in total. The van der Waals surface area contributed by atoms with Gasteiger partial charge in [-0.05, 0) is 40.8 Å². The molecule has 2 aromatic carbocycles. The van der Waals surface area contributed by atoms with Crippen molar-refractivity contribution in [1.82, 2.24) is 20.2 Å². The van der Waals surface area contributed by atoms with Gasteiger partial charge in [0.2, 0.25) is 0 Å². The van der Waals surface area contributed by atoms with Crippen molar-refractivity contribution < 1.29 is 21.4 Å². The minimum atomic E-state index is -4.31. The van der Waals surface area contributed by atoms with Crippen LogP contribution in [0.4, 0.5) is 8.78 Å². The first-order valence-corrected chi connectivity index (χ1v) is 7.59. The van der Waals surface area contributed by atoms with Crippen LogP contribution < -0.4 is 4.18 Å². The van der Waals surface area contributed by atoms with E-state index in [-0.39, 0.29) is 5.75 Å². The number of benzene rings is 2. The zero-order valence-corrected chi connectivity index (χ0v) is 12.1. The van der Waals surface area contributed by atoms with Crippen molar-refractivity contribution in [3.05, 3.63) is 60.4 Å². The summed E-state index contributed by atoms with van der Waals surface area (Å²) in [6, 6.07) is 8.12. The van der Waals surface area contributed by atoms with E-state index in [4.69, 9.17) is 4.18 Å². The van der Waals surface area contributed by atoms with E-state index in [0.29, 0.717) is 17.8 Å². The second-order valence-electron chi connectivity index (χ2n) is 4.37. The predicted octanol–water partition coefficient (Wildman–Crippen LogP) is 1.71. The van der Waals surface area contributed by atoms with Crippen molar-refractivity contribution >= 4 is 10.1 Å². The molecule has 0 atom stereocenters. The SMILES string of the molecule is O=S(=O)(Oc1cccc(-n2cnnn2)c1)c1ccc(F)c(F)c1. The Labute approximate surface area is 129 Å². The van der Waals surface area contributed by atoms with Crippen LogP contribution in [0.15, 0.2) is 53.7 Å². The van der Waals surface area contributed by atoms with E-state index < -0.39 is 26.6 Å². The quantitative estimate of drug-likeness (QED) is 0.673. The molecule has 118 valence electrons.